The van der Waals surface area contributed by atoms with Gasteiger partial charge < -0.3 is 5.32 Å². The molecule has 0 aliphatic carbocycles. The van der Waals surface area contributed by atoms with Gasteiger partial charge in [-0.15, -0.1) is 0 Å². The van der Waals surface area contributed by atoms with Crippen molar-refractivity contribution in [2.24, 2.45) is 0 Å². The third-order valence-electron chi connectivity index (χ3n) is 2.58. The summed E-state index contributed by atoms with van der Waals surface area (Å²) >= 11 is 0. The number of aromatic nitrogens is 2. The van der Waals surface area contributed by atoms with Crippen LogP contribution in [-0.2, 0) is 12.6 Å². The molecule has 0 unspecified atom stereocenters. The molecule has 6 heteroatoms. The van der Waals surface area contributed by atoms with Gasteiger partial charge in [-0.2, -0.15) is 13.2 Å². The summed E-state index contributed by atoms with van der Waals surface area (Å²) in [5.41, 5.74) is 0.829. The van der Waals surface area contributed by atoms with Gasteiger partial charge in [-0.3, -0.25) is 0 Å². The molecule has 0 aliphatic heterocycles. The lowest BCUT2D eigenvalue weighted by molar-refractivity contribution is -0.137. The van der Waals surface area contributed by atoms with E-state index in [-0.39, 0.29) is 0 Å². The molecule has 1 heterocycles. The van der Waals surface area contributed by atoms with E-state index in [1.165, 1.54) is 12.1 Å². The number of rotatable bonds is 3. The van der Waals surface area contributed by atoms with Crippen LogP contribution in [-0.4, -0.2) is 9.97 Å². The Balaban J connectivity index is 2.10. The molecule has 0 saturated carbocycles. The molecular formula is C13H12F3N3. The molecule has 0 bridgehead atoms. The molecule has 0 fully saturated rings. The minimum absolute atomic E-state index is 0.358. The van der Waals surface area contributed by atoms with Gasteiger partial charge in [-0.05, 0) is 36.2 Å². The Bertz CT molecular complexity index is 533. The summed E-state index contributed by atoms with van der Waals surface area (Å²) in [5, 5.41) is 2.84. The number of nitrogens with zero attached hydrogens (tertiary/aromatic N) is 2. The fourth-order valence-corrected chi connectivity index (χ4v) is 1.47. The number of aryl methyl sites for hydroxylation is 1. The summed E-state index contributed by atoms with van der Waals surface area (Å²) in [6.45, 7) is 1.99. The van der Waals surface area contributed by atoms with Crippen molar-refractivity contribution in [3.63, 3.8) is 0 Å². The Morgan fingerprint density at radius 3 is 2.11 bits per heavy atom. The summed E-state index contributed by atoms with van der Waals surface area (Å²) < 4.78 is 37.2. The molecule has 2 aromatic rings. The molecule has 3 nitrogen and oxygen atoms in total. The molecule has 1 aromatic carbocycles. The maximum absolute atomic E-state index is 12.4. The third-order valence-corrected chi connectivity index (χ3v) is 2.58. The molecule has 19 heavy (non-hydrogen) atoms. The van der Waals surface area contributed by atoms with E-state index in [4.69, 9.17) is 0 Å². The van der Waals surface area contributed by atoms with Crippen molar-refractivity contribution in [1.29, 1.82) is 0 Å². The predicted molar refractivity (Wildman–Crippen MR) is 66.1 cm³/mol. The van der Waals surface area contributed by atoms with Gasteiger partial charge in [0.1, 0.15) is 0 Å². The fraction of sp³-hybridized carbons (Fsp3) is 0.231. The molecule has 0 spiro atoms. The fourth-order valence-electron chi connectivity index (χ4n) is 1.47. The van der Waals surface area contributed by atoms with Gasteiger partial charge in [0.2, 0.25) is 5.95 Å². The Kier molecular flexibility index (Phi) is 3.69. The summed E-state index contributed by atoms with van der Waals surface area (Å²) in [4.78, 5) is 8.14. The van der Waals surface area contributed by atoms with Crippen LogP contribution in [0.4, 0.5) is 24.8 Å². The van der Waals surface area contributed by atoms with E-state index in [9.17, 15) is 13.2 Å². The van der Waals surface area contributed by atoms with Crippen LogP contribution in [0.5, 0.6) is 0 Å². The van der Waals surface area contributed by atoms with Gasteiger partial charge in [0, 0.05) is 18.1 Å². The lowest BCUT2D eigenvalue weighted by atomic mass is 10.2. The first kappa shape index (κ1) is 13.3. The summed E-state index contributed by atoms with van der Waals surface area (Å²) in [6, 6.07) is 4.73. The van der Waals surface area contributed by atoms with Crippen LogP contribution in [0.25, 0.3) is 0 Å². The van der Waals surface area contributed by atoms with Crippen LogP contribution in [0.2, 0.25) is 0 Å². The molecule has 0 radical (unpaired) electrons. The van der Waals surface area contributed by atoms with E-state index < -0.39 is 11.7 Å². The van der Waals surface area contributed by atoms with Gasteiger partial charge >= 0.3 is 6.18 Å². The third kappa shape index (κ3) is 3.43. The van der Waals surface area contributed by atoms with E-state index in [1.54, 1.807) is 12.4 Å². The summed E-state index contributed by atoms with van der Waals surface area (Å²) in [7, 11) is 0. The first-order chi connectivity index (χ1) is 8.99. The maximum Gasteiger partial charge on any atom is 0.416 e. The second-order valence-electron chi connectivity index (χ2n) is 3.97. The minimum atomic E-state index is -4.32. The van der Waals surface area contributed by atoms with E-state index in [0.717, 1.165) is 24.1 Å². The normalized spacial score (nSPS) is 11.4. The minimum Gasteiger partial charge on any atom is -0.324 e. The van der Waals surface area contributed by atoms with Crippen LogP contribution in [0.1, 0.15) is 18.1 Å². The number of halogens is 3. The Hall–Kier alpha value is -2.11. The predicted octanol–water partition coefficient (Wildman–Crippen LogP) is 3.80. The molecule has 0 saturated heterocycles. The van der Waals surface area contributed by atoms with Crippen LogP contribution in [0, 0.1) is 0 Å². The second-order valence-corrected chi connectivity index (χ2v) is 3.97. The number of hydrogen-bond donors (Lipinski definition) is 1. The van der Waals surface area contributed by atoms with Crippen molar-refractivity contribution in [3.05, 3.63) is 47.8 Å². The lowest BCUT2D eigenvalue weighted by Gasteiger charge is -2.08. The SMILES string of the molecule is CCc1cnc(Nc2ccc(C(F)(F)F)cc2)nc1. The monoisotopic (exact) mass is 267 g/mol. The van der Waals surface area contributed by atoms with Gasteiger partial charge in [0.15, 0.2) is 0 Å². The van der Waals surface area contributed by atoms with Crippen molar-refractivity contribution in [2.75, 3.05) is 5.32 Å². The highest BCUT2D eigenvalue weighted by atomic mass is 19.4. The van der Waals surface area contributed by atoms with Crippen molar-refractivity contribution in [3.8, 4) is 0 Å². The maximum atomic E-state index is 12.4. The average molecular weight is 267 g/mol. The van der Waals surface area contributed by atoms with Gasteiger partial charge in [-0.1, -0.05) is 6.92 Å². The Morgan fingerprint density at radius 1 is 1.05 bits per heavy atom. The van der Waals surface area contributed by atoms with E-state index in [0.29, 0.717) is 11.6 Å². The number of alkyl halides is 3. The number of hydrogen-bond acceptors (Lipinski definition) is 3. The molecular weight excluding hydrogens is 255 g/mol. The lowest BCUT2D eigenvalue weighted by Crippen LogP contribution is -2.04. The van der Waals surface area contributed by atoms with Gasteiger partial charge in [0.25, 0.3) is 0 Å². The molecule has 1 aromatic heterocycles. The number of nitrogens with one attached hydrogen (secondary N) is 1. The van der Waals surface area contributed by atoms with Crippen molar-refractivity contribution < 1.29 is 13.2 Å². The highest BCUT2D eigenvalue weighted by molar-refractivity contribution is 5.53. The molecule has 0 aliphatic rings. The zero-order chi connectivity index (χ0) is 13.9. The van der Waals surface area contributed by atoms with Crippen LogP contribution >= 0.6 is 0 Å². The summed E-state index contributed by atoms with van der Waals surface area (Å²) in [5.74, 6) is 0.358. The molecule has 0 amide bonds. The molecule has 2 rings (SSSR count). The molecule has 1 N–H and O–H groups in total. The average Bonchev–Trinajstić information content (AvgIpc) is 2.39. The molecule has 0 atom stereocenters. The van der Waals surface area contributed by atoms with Crippen molar-refractivity contribution >= 4 is 11.6 Å². The Labute approximate surface area is 108 Å². The smallest absolute Gasteiger partial charge is 0.324 e. The number of anilines is 2. The van der Waals surface area contributed by atoms with E-state index in [1.807, 2.05) is 6.92 Å². The van der Waals surface area contributed by atoms with Crippen molar-refractivity contribution in [1.82, 2.24) is 9.97 Å². The Morgan fingerprint density at radius 2 is 1.63 bits per heavy atom. The summed E-state index contributed by atoms with van der Waals surface area (Å²) in [6.07, 6.45) is -0.128. The molecule has 100 valence electrons. The van der Waals surface area contributed by atoms with Gasteiger partial charge in [0.05, 0.1) is 5.56 Å². The highest BCUT2D eigenvalue weighted by Gasteiger charge is 2.29. The van der Waals surface area contributed by atoms with E-state index in [2.05, 4.69) is 15.3 Å². The van der Waals surface area contributed by atoms with Crippen LogP contribution in [0.3, 0.4) is 0 Å². The highest BCUT2D eigenvalue weighted by Crippen LogP contribution is 2.30. The quantitative estimate of drug-likeness (QED) is 0.919. The van der Waals surface area contributed by atoms with E-state index >= 15 is 0 Å². The van der Waals surface area contributed by atoms with Gasteiger partial charge in [-0.25, -0.2) is 9.97 Å². The zero-order valence-corrected chi connectivity index (χ0v) is 10.2. The second kappa shape index (κ2) is 5.26. The topological polar surface area (TPSA) is 37.8 Å². The van der Waals surface area contributed by atoms with Crippen LogP contribution < -0.4 is 5.32 Å². The van der Waals surface area contributed by atoms with Crippen LogP contribution in [0.15, 0.2) is 36.7 Å². The zero-order valence-electron chi connectivity index (χ0n) is 10.2. The number of benzene rings is 1. The largest absolute Gasteiger partial charge is 0.416 e. The first-order valence-electron chi connectivity index (χ1n) is 5.74. The first-order valence-corrected chi connectivity index (χ1v) is 5.74. The standard InChI is InChI=1S/C13H12F3N3/c1-2-9-7-17-12(18-8-9)19-11-5-3-10(4-6-11)13(14,15)16/h3-8H,2H2,1H3,(H,17,18,19). The van der Waals surface area contributed by atoms with Crippen molar-refractivity contribution in [2.45, 2.75) is 19.5 Å².